The van der Waals surface area contributed by atoms with Crippen molar-refractivity contribution in [2.24, 2.45) is 12.8 Å². The summed E-state index contributed by atoms with van der Waals surface area (Å²) < 4.78 is 2.15. The zero-order valence-electron chi connectivity index (χ0n) is 10.5. The van der Waals surface area contributed by atoms with E-state index in [9.17, 15) is 0 Å². The Morgan fingerprint density at radius 3 is 2.88 bits per heavy atom. The van der Waals surface area contributed by atoms with Gasteiger partial charge in [-0.2, -0.15) is 0 Å². The Kier molecular flexibility index (Phi) is 2.26. The number of imidazole rings is 1. The van der Waals surface area contributed by atoms with Crippen LogP contribution in [-0.2, 0) is 13.5 Å². The molecule has 3 nitrogen and oxygen atoms in total. The molecule has 0 spiro atoms. The fourth-order valence-corrected chi connectivity index (χ4v) is 2.32. The average Bonchev–Trinajstić information content (AvgIpc) is 2.98. The molecule has 0 saturated heterocycles. The highest BCUT2D eigenvalue weighted by Gasteiger charge is 2.37. The number of aromatic nitrogens is 2. The van der Waals surface area contributed by atoms with Crippen LogP contribution in [0.3, 0.4) is 0 Å². The van der Waals surface area contributed by atoms with Crippen molar-refractivity contribution < 1.29 is 0 Å². The largest absolute Gasteiger partial charge is 0.331 e. The van der Waals surface area contributed by atoms with Crippen molar-refractivity contribution in [1.29, 1.82) is 0 Å². The molecule has 90 valence electrons. The number of nitrogens with zero attached hydrogens (tertiary/aromatic N) is 2. The summed E-state index contributed by atoms with van der Waals surface area (Å²) in [7, 11) is 2.07. The fraction of sp³-hybridized carbons (Fsp3) is 0.500. The topological polar surface area (TPSA) is 43.8 Å². The average molecular weight is 229 g/mol. The van der Waals surface area contributed by atoms with Crippen molar-refractivity contribution in [2.45, 2.75) is 38.1 Å². The van der Waals surface area contributed by atoms with E-state index in [-0.39, 0.29) is 5.54 Å². The number of nitrogens with two attached hydrogens (primary N) is 1. The molecule has 3 rings (SSSR count). The summed E-state index contributed by atoms with van der Waals surface area (Å²) in [6, 6.07) is 6.55. The van der Waals surface area contributed by atoms with Crippen molar-refractivity contribution in [3.05, 3.63) is 29.6 Å². The van der Waals surface area contributed by atoms with Crippen LogP contribution >= 0.6 is 0 Å². The molecule has 1 aliphatic carbocycles. The van der Waals surface area contributed by atoms with E-state index >= 15 is 0 Å². The van der Waals surface area contributed by atoms with Gasteiger partial charge in [0, 0.05) is 12.6 Å². The Morgan fingerprint density at radius 1 is 1.41 bits per heavy atom. The zero-order chi connectivity index (χ0) is 12.0. The fourth-order valence-electron chi connectivity index (χ4n) is 2.32. The molecule has 1 aliphatic rings. The van der Waals surface area contributed by atoms with Gasteiger partial charge in [0.1, 0.15) is 5.82 Å². The second-order valence-corrected chi connectivity index (χ2v) is 5.40. The second-order valence-electron chi connectivity index (χ2n) is 5.40. The first-order valence-corrected chi connectivity index (χ1v) is 6.28. The highest BCUT2D eigenvalue weighted by molar-refractivity contribution is 5.76. The van der Waals surface area contributed by atoms with Gasteiger partial charge in [-0.1, -0.05) is 6.07 Å². The van der Waals surface area contributed by atoms with Crippen LogP contribution in [0.1, 0.15) is 30.7 Å². The Bertz CT molecular complexity index is 564. The Morgan fingerprint density at radius 2 is 2.18 bits per heavy atom. The highest BCUT2D eigenvalue weighted by atomic mass is 15.0. The monoisotopic (exact) mass is 229 g/mol. The highest BCUT2D eigenvalue weighted by Crippen LogP contribution is 2.36. The van der Waals surface area contributed by atoms with Crippen LogP contribution < -0.4 is 5.73 Å². The van der Waals surface area contributed by atoms with Crippen molar-refractivity contribution in [1.82, 2.24) is 9.55 Å². The summed E-state index contributed by atoms with van der Waals surface area (Å²) >= 11 is 0. The molecular weight excluding hydrogens is 210 g/mol. The van der Waals surface area contributed by atoms with Crippen molar-refractivity contribution in [2.75, 3.05) is 0 Å². The molecular formula is C14H19N3. The van der Waals surface area contributed by atoms with E-state index in [0.717, 1.165) is 24.2 Å². The van der Waals surface area contributed by atoms with E-state index in [1.807, 2.05) is 6.92 Å². The standard InChI is InChI=1S/C14H19N3/c1-10-16-12-4-3-11(9-13(12)17(10)2)5-6-14(15)7-8-14/h3-4,9H,5-8,15H2,1-2H3. The Balaban J connectivity index is 1.87. The Hall–Kier alpha value is -1.35. The smallest absolute Gasteiger partial charge is 0.106 e. The van der Waals surface area contributed by atoms with E-state index in [2.05, 4.69) is 34.8 Å². The summed E-state index contributed by atoms with van der Waals surface area (Å²) in [5, 5.41) is 0. The maximum atomic E-state index is 6.12. The molecule has 0 atom stereocenters. The zero-order valence-corrected chi connectivity index (χ0v) is 10.5. The summed E-state index contributed by atoms with van der Waals surface area (Å²) in [5.74, 6) is 1.06. The van der Waals surface area contributed by atoms with Gasteiger partial charge < -0.3 is 10.3 Å². The number of rotatable bonds is 3. The lowest BCUT2D eigenvalue weighted by Crippen LogP contribution is -2.22. The van der Waals surface area contributed by atoms with Gasteiger partial charge in [-0.25, -0.2) is 4.98 Å². The summed E-state index contributed by atoms with van der Waals surface area (Å²) in [6.07, 6.45) is 4.58. The van der Waals surface area contributed by atoms with E-state index < -0.39 is 0 Å². The molecule has 0 aliphatic heterocycles. The van der Waals surface area contributed by atoms with Gasteiger partial charge in [-0.3, -0.25) is 0 Å². The maximum Gasteiger partial charge on any atom is 0.106 e. The number of hydrogen-bond donors (Lipinski definition) is 1. The summed E-state index contributed by atoms with van der Waals surface area (Å²) in [5.41, 5.74) is 9.96. The van der Waals surface area contributed by atoms with E-state index in [4.69, 9.17) is 5.73 Å². The van der Waals surface area contributed by atoms with Crippen LogP contribution in [0, 0.1) is 6.92 Å². The van der Waals surface area contributed by atoms with Crippen molar-refractivity contribution in [3.8, 4) is 0 Å². The SMILES string of the molecule is Cc1nc2ccc(CCC3(N)CC3)cc2n1C. The van der Waals surface area contributed by atoms with E-state index in [0.29, 0.717) is 0 Å². The first-order valence-electron chi connectivity index (χ1n) is 6.28. The normalized spacial score (nSPS) is 17.6. The van der Waals surface area contributed by atoms with Gasteiger partial charge in [0.05, 0.1) is 11.0 Å². The molecule has 1 saturated carbocycles. The first-order chi connectivity index (χ1) is 8.07. The molecule has 1 aromatic heterocycles. The Labute approximate surface area is 102 Å². The number of hydrogen-bond acceptors (Lipinski definition) is 2. The molecule has 3 heteroatoms. The predicted octanol–water partition coefficient (Wildman–Crippen LogP) is 2.31. The van der Waals surface area contributed by atoms with Crippen LogP contribution in [0.15, 0.2) is 18.2 Å². The lowest BCUT2D eigenvalue weighted by atomic mass is 10.0. The molecule has 1 aromatic carbocycles. The molecule has 0 radical (unpaired) electrons. The third kappa shape index (κ3) is 1.95. The number of aryl methyl sites for hydroxylation is 3. The minimum Gasteiger partial charge on any atom is -0.331 e. The summed E-state index contributed by atoms with van der Waals surface area (Å²) in [4.78, 5) is 4.51. The van der Waals surface area contributed by atoms with Gasteiger partial charge in [-0.15, -0.1) is 0 Å². The van der Waals surface area contributed by atoms with Gasteiger partial charge in [0.25, 0.3) is 0 Å². The van der Waals surface area contributed by atoms with Gasteiger partial charge in [0.15, 0.2) is 0 Å². The van der Waals surface area contributed by atoms with Gasteiger partial charge in [-0.05, 0) is 50.3 Å². The molecule has 0 amide bonds. The minimum atomic E-state index is 0.150. The van der Waals surface area contributed by atoms with E-state index in [1.165, 1.54) is 23.9 Å². The van der Waals surface area contributed by atoms with Crippen molar-refractivity contribution in [3.63, 3.8) is 0 Å². The van der Waals surface area contributed by atoms with Crippen LogP contribution in [0.4, 0.5) is 0 Å². The molecule has 0 unspecified atom stereocenters. The van der Waals surface area contributed by atoms with Gasteiger partial charge in [0.2, 0.25) is 0 Å². The lowest BCUT2D eigenvalue weighted by molar-refractivity contribution is 0.609. The molecule has 0 bridgehead atoms. The van der Waals surface area contributed by atoms with Crippen LogP contribution in [0.5, 0.6) is 0 Å². The van der Waals surface area contributed by atoms with Crippen LogP contribution in [0.25, 0.3) is 11.0 Å². The van der Waals surface area contributed by atoms with Gasteiger partial charge >= 0.3 is 0 Å². The molecule has 1 heterocycles. The molecule has 1 fully saturated rings. The molecule has 17 heavy (non-hydrogen) atoms. The third-order valence-electron chi connectivity index (χ3n) is 3.97. The quantitative estimate of drug-likeness (QED) is 0.877. The molecule has 2 N–H and O–H groups in total. The van der Waals surface area contributed by atoms with Crippen LogP contribution in [-0.4, -0.2) is 15.1 Å². The first kappa shape index (κ1) is 10.8. The maximum absolute atomic E-state index is 6.12. The minimum absolute atomic E-state index is 0.150. The van der Waals surface area contributed by atoms with Crippen LogP contribution in [0.2, 0.25) is 0 Å². The number of benzene rings is 1. The number of fused-ring (bicyclic) bond motifs is 1. The third-order valence-corrected chi connectivity index (χ3v) is 3.97. The lowest BCUT2D eigenvalue weighted by Gasteiger charge is -2.08. The second kappa shape index (κ2) is 3.57. The van der Waals surface area contributed by atoms with E-state index in [1.54, 1.807) is 0 Å². The van der Waals surface area contributed by atoms with Crippen molar-refractivity contribution >= 4 is 11.0 Å². The summed E-state index contributed by atoms with van der Waals surface area (Å²) in [6.45, 7) is 2.04. The molecule has 2 aromatic rings. The predicted molar refractivity (Wildman–Crippen MR) is 69.9 cm³/mol.